The number of carbonyl (C=O) groups is 2. The minimum absolute atomic E-state index is 0.0127. The summed E-state index contributed by atoms with van der Waals surface area (Å²) in [6, 6.07) is 2.95. The molecule has 4 nitrogen and oxygen atoms in total. The molecule has 1 rings (SSSR count). The SMILES string of the molecule is CC.CC(C)C(=O)n1cccc1C(=O)O. The molecule has 0 aliphatic heterocycles. The van der Waals surface area contributed by atoms with E-state index in [2.05, 4.69) is 0 Å². The molecular weight excluding hydrogens is 194 g/mol. The third-order valence-electron chi connectivity index (χ3n) is 1.70. The number of hydrogen-bond acceptors (Lipinski definition) is 2. The Morgan fingerprint density at radius 2 is 1.87 bits per heavy atom. The first kappa shape index (κ1) is 13.4. The maximum absolute atomic E-state index is 11.4. The monoisotopic (exact) mass is 211 g/mol. The number of carboxylic acid groups (broad SMARTS) is 1. The number of nitrogens with zero attached hydrogens (tertiary/aromatic N) is 1. The molecule has 84 valence electrons. The number of aromatic carboxylic acids is 1. The molecule has 15 heavy (non-hydrogen) atoms. The third kappa shape index (κ3) is 3.23. The van der Waals surface area contributed by atoms with Crippen LogP contribution in [0.4, 0.5) is 0 Å². The van der Waals surface area contributed by atoms with E-state index in [4.69, 9.17) is 5.11 Å². The van der Waals surface area contributed by atoms with Gasteiger partial charge in [-0.15, -0.1) is 0 Å². The molecule has 0 atom stereocenters. The Morgan fingerprint density at radius 1 is 1.33 bits per heavy atom. The summed E-state index contributed by atoms with van der Waals surface area (Å²) in [7, 11) is 0. The maximum atomic E-state index is 11.4. The van der Waals surface area contributed by atoms with Crippen molar-refractivity contribution in [1.82, 2.24) is 4.57 Å². The molecule has 0 aromatic carbocycles. The van der Waals surface area contributed by atoms with Gasteiger partial charge in [0, 0.05) is 12.1 Å². The molecule has 0 spiro atoms. The summed E-state index contributed by atoms with van der Waals surface area (Å²) in [4.78, 5) is 22.1. The number of rotatable bonds is 2. The molecule has 0 amide bonds. The maximum Gasteiger partial charge on any atom is 0.352 e. The summed E-state index contributed by atoms with van der Waals surface area (Å²) in [6.07, 6.45) is 1.46. The summed E-state index contributed by atoms with van der Waals surface area (Å²) in [5, 5.41) is 8.71. The van der Waals surface area contributed by atoms with Crippen LogP contribution in [0.5, 0.6) is 0 Å². The largest absolute Gasteiger partial charge is 0.477 e. The van der Waals surface area contributed by atoms with Crippen LogP contribution >= 0.6 is 0 Å². The van der Waals surface area contributed by atoms with Gasteiger partial charge >= 0.3 is 5.97 Å². The molecule has 0 saturated carbocycles. The summed E-state index contributed by atoms with van der Waals surface area (Å²) in [5.41, 5.74) is 0.0127. The minimum atomic E-state index is -1.08. The van der Waals surface area contributed by atoms with Gasteiger partial charge < -0.3 is 5.11 Å². The van der Waals surface area contributed by atoms with Crippen molar-refractivity contribution in [3.05, 3.63) is 24.0 Å². The normalized spacial score (nSPS) is 9.40. The lowest BCUT2D eigenvalue weighted by Gasteiger charge is -2.06. The van der Waals surface area contributed by atoms with Gasteiger partial charge in [-0.3, -0.25) is 9.36 Å². The van der Waals surface area contributed by atoms with Gasteiger partial charge in [0.1, 0.15) is 5.69 Å². The zero-order valence-corrected chi connectivity index (χ0v) is 9.52. The van der Waals surface area contributed by atoms with Crippen LogP contribution in [0.1, 0.15) is 43.0 Å². The van der Waals surface area contributed by atoms with Crippen molar-refractivity contribution < 1.29 is 14.7 Å². The predicted octanol–water partition coefficient (Wildman–Crippen LogP) is 2.51. The topological polar surface area (TPSA) is 59.3 Å². The van der Waals surface area contributed by atoms with Crippen LogP contribution < -0.4 is 0 Å². The molecule has 1 aromatic heterocycles. The quantitative estimate of drug-likeness (QED) is 0.817. The van der Waals surface area contributed by atoms with E-state index < -0.39 is 5.97 Å². The highest BCUT2D eigenvalue weighted by atomic mass is 16.4. The Morgan fingerprint density at radius 3 is 2.27 bits per heavy atom. The molecule has 0 fully saturated rings. The van der Waals surface area contributed by atoms with Gasteiger partial charge in [0.25, 0.3) is 0 Å². The van der Waals surface area contributed by atoms with Gasteiger partial charge in [0.15, 0.2) is 0 Å². The summed E-state index contributed by atoms with van der Waals surface area (Å²) < 4.78 is 1.16. The average molecular weight is 211 g/mol. The highest BCUT2D eigenvalue weighted by Crippen LogP contribution is 2.06. The van der Waals surface area contributed by atoms with Crippen molar-refractivity contribution >= 4 is 11.9 Å². The lowest BCUT2D eigenvalue weighted by Crippen LogP contribution is -2.20. The summed E-state index contributed by atoms with van der Waals surface area (Å²) >= 11 is 0. The Kier molecular flexibility index (Phi) is 5.37. The standard InChI is InChI=1S/C9H11NO3.C2H6/c1-6(2)8(11)10-5-3-4-7(10)9(12)13;1-2/h3-6H,1-2H3,(H,12,13);1-2H3. The number of hydrogen-bond donors (Lipinski definition) is 1. The van der Waals surface area contributed by atoms with E-state index in [1.54, 1.807) is 19.9 Å². The van der Waals surface area contributed by atoms with Crippen molar-refractivity contribution in [1.29, 1.82) is 0 Å². The second kappa shape index (κ2) is 6.01. The van der Waals surface area contributed by atoms with E-state index in [-0.39, 0.29) is 17.5 Å². The van der Waals surface area contributed by atoms with E-state index in [0.29, 0.717) is 0 Å². The van der Waals surface area contributed by atoms with Gasteiger partial charge in [0.2, 0.25) is 5.91 Å². The van der Waals surface area contributed by atoms with E-state index in [1.807, 2.05) is 13.8 Å². The highest BCUT2D eigenvalue weighted by molar-refractivity contribution is 5.93. The van der Waals surface area contributed by atoms with Crippen molar-refractivity contribution in [2.75, 3.05) is 0 Å². The molecule has 1 heterocycles. The van der Waals surface area contributed by atoms with Gasteiger partial charge in [-0.05, 0) is 12.1 Å². The van der Waals surface area contributed by atoms with Crippen LogP contribution in [0, 0.1) is 5.92 Å². The van der Waals surface area contributed by atoms with E-state index >= 15 is 0 Å². The molecule has 0 unspecified atom stereocenters. The number of carbonyl (C=O) groups excluding carboxylic acids is 1. The van der Waals surface area contributed by atoms with Crippen LogP contribution in [0.3, 0.4) is 0 Å². The fourth-order valence-electron chi connectivity index (χ4n) is 1.03. The van der Waals surface area contributed by atoms with Crippen molar-refractivity contribution in [3.63, 3.8) is 0 Å². The first-order chi connectivity index (χ1) is 7.04. The molecular formula is C11H17NO3. The lowest BCUT2D eigenvalue weighted by molar-refractivity contribution is 0.0668. The fraction of sp³-hybridized carbons (Fsp3) is 0.455. The average Bonchev–Trinajstić information content (AvgIpc) is 2.68. The number of aromatic nitrogens is 1. The minimum Gasteiger partial charge on any atom is -0.477 e. The first-order valence-electron chi connectivity index (χ1n) is 4.99. The van der Waals surface area contributed by atoms with Crippen molar-refractivity contribution in [3.8, 4) is 0 Å². The summed E-state index contributed by atoms with van der Waals surface area (Å²) in [5.74, 6) is -1.49. The Labute approximate surface area is 89.5 Å². The predicted molar refractivity (Wildman–Crippen MR) is 58.2 cm³/mol. The van der Waals surface area contributed by atoms with E-state index in [9.17, 15) is 9.59 Å². The molecule has 0 aliphatic carbocycles. The molecule has 0 saturated heterocycles. The van der Waals surface area contributed by atoms with Crippen LogP contribution in [0.2, 0.25) is 0 Å². The van der Waals surface area contributed by atoms with Gasteiger partial charge in [-0.1, -0.05) is 27.7 Å². The highest BCUT2D eigenvalue weighted by Gasteiger charge is 2.16. The second-order valence-corrected chi connectivity index (χ2v) is 3.06. The molecule has 4 heteroatoms. The number of carboxylic acids is 1. The van der Waals surface area contributed by atoms with E-state index in [1.165, 1.54) is 12.3 Å². The van der Waals surface area contributed by atoms with Crippen LogP contribution in [-0.4, -0.2) is 21.6 Å². The zero-order valence-electron chi connectivity index (χ0n) is 9.52. The molecule has 1 aromatic rings. The Balaban J connectivity index is 0.000000921. The summed E-state index contributed by atoms with van der Waals surface area (Å²) in [6.45, 7) is 7.46. The molecule has 0 aliphatic rings. The van der Waals surface area contributed by atoms with Gasteiger partial charge in [-0.25, -0.2) is 4.79 Å². The first-order valence-corrected chi connectivity index (χ1v) is 4.99. The molecule has 0 radical (unpaired) electrons. The third-order valence-corrected chi connectivity index (χ3v) is 1.70. The van der Waals surface area contributed by atoms with Crippen LogP contribution in [-0.2, 0) is 0 Å². The second-order valence-electron chi connectivity index (χ2n) is 3.06. The van der Waals surface area contributed by atoms with Crippen molar-refractivity contribution in [2.45, 2.75) is 27.7 Å². The molecule has 1 N–H and O–H groups in total. The van der Waals surface area contributed by atoms with Gasteiger partial charge in [0.05, 0.1) is 0 Å². The Bertz CT molecular complexity index is 339. The lowest BCUT2D eigenvalue weighted by atomic mass is 10.2. The van der Waals surface area contributed by atoms with Crippen LogP contribution in [0.25, 0.3) is 0 Å². The van der Waals surface area contributed by atoms with Crippen molar-refractivity contribution in [2.24, 2.45) is 5.92 Å². The van der Waals surface area contributed by atoms with Crippen LogP contribution in [0.15, 0.2) is 18.3 Å². The van der Waals surface area contributed by atoms with Gasteiger partial charge in [-0.2, -0.15) is 0 Å². The zero-order chi connectivity index (χ0) is 12.0. The Hall–Kier alpha value is -1.58. The smallest absolute Gasteiger partial charge is 0.352 e. The fourth-order valence-corrected chi connectivity index (χ4v) is 1.03. The van der Waals surface area contributed by atoms with E-state index in [0.717, 1.165) is 4.57 Å². The molecule has 0 bridgehead atoms.